The molecule has 0 saturated carbocycles. The summed E-state index contributed by atoms with van der Waals surface area (Å²) in [5.74, 6) is -5.35. The van der Waals surface area contributed by atoms with Gasteiger partial charge >= 0.3 is 21.2 Å². The maximum Gasteiger partial charge on any atom is 0.346 e. The van der Waals surface area contributed by atoms with Crippen molar-refractivity contribution in [2.24, 2.45) is 5.73 Å². The standard InChI is InChI=1S/C13H26N2O8P2/c1-4-10(24(18,19)20)15(11(5-2)25(21,22)23)13(3,12(16)17)8-6-7-9-14/h4-5,10-11H,1-2,6-9,14H2,3H3,(H,16,17)(H2,18,19,20)(H2,21,22,23). The lowest BCUT2D eigenvalue weighted by atomic mass is 9.92. The van der Waals surface area contributed by atoms with E-state index in [9.17, 15) is 38.6 Å². The Labute approximate surface area is 146 Å². The van der Waals surface area contributed by atoms with Crippen LogP contribution in [0.15, 0.2) is 25.3 Å². The fourth-order valence-electron chi connectivity index (χ4n) is 2.53. The lowest BCUT2D eigenvalue weighted by molar-refractivity contribution is -0.151. The van der Waals surface area contributed by atoms with Crippen molar-refractivity contribution in [3.63, 3.8) is 0 Å². The lowest BCUT2D eigenvalue weighted by Gasteiger charge is -2.45. The molecule has 0 aromatic heterocycles. The first-order valence-electron chi connectivity index (χ1n) is 7.34. The fourth-order valence-corrected chi connectivity index (χ4v) is 4.63. The van der Waals surface area contributed by atoms with Gasteiger partial charge in [-0.1, -0.05) is 12.2 Å². The van der Waals surface area contributed by atoms with Gasteiger partial charge in [0.05, 0.1) is 0 Å². The monoisotopic (exact) mass is 400 g/mol. The maximum atomic E-state index is 11.9. The van der Waals surface area contributed by atoms with E-state index in [1.165, 1.54) is 0 Å². The van der Waals surface area contributed by atoms with Gasteiger partial charge in [0.1, 0.15) is 17.1 Å². The third-order valence-corrected chi connectivity index (χ3v) is 6.13. The van der Waals surface area contributed by atoms with Crippen molar-refractivity contribution in [1.29, 1.82) is 0 Å². The Morgan fingerprint density at radius 3 is 1.76 bits per heavy atom. The highest BCUT2D eigenvalue weighted by atomic mass is 31.2. The predicted molar refractivity (Wildman–Crippen MR) is 92.8 cm³/mol. The highest BCUT2D eigenvalue weighted by Crippen LogP contribution is 2.54. The molecule has 0 bridgehead atoms. The van der Waals surface area contributed by atoms with Gasteiger partial charge in [-0.3, -0.25) is 18.8 Å². The summed E-state index contributed by atoms with van der Waals surface area (Å²) in [7, 11) is -10.0. The number of nitrogens with two attached hydrogens (primary N) is 1. The van der Waals surface area contributed by atoms with Crippen molar-refractivity contribution in [2.75, 3.05) is 6.54 Å². The average Bonchev–Trinajstić information content (AvgIpc) is 2.44. The van der Waals surface area contributed by atoms with Gasteiger partial charge in [-0.05, 0) is 32.7 Å². The number of carboxylic acid groups (broad SMARTS) is 1. The van der Waals surface area contributed by atoms with Crippen molar-refractivity contribution in [1.82, 2.24) is 4.90 Å². The van der Waals surface area contributed by atoms with Crippen LogP contribution in [0.3, 0.4) is 0 Å². The van der Waals surface area contributed by atoms with Crippen LogP contribution in [-0.4, -0.2) is 59.2 Å². The molecule has 0 fully saturated rings. The molecule has 10 nitrogen and oxygen atoms in total. The molecule has 0 rings (SSSR count). The van der Waals surface area contributed by atoms with E-state index in [0.29, 0.717) is 11.3 Å². The number of carbonyl (C=O) groups is 1. The minimum atomic E-state index is -5.02. The number of carboxylic acids is 1. The van der Waals surface area contributed by atoms with Crippen LogP contribution in [0.5, 0.6) is 0 Å². The van der Waals surface area contributed by atoms with Crippen LogP contribution in [0, 0.1) is 0 Å². The average molecular weight is 400 g/mol. The summed E-state index contributed by atoms with van der Waals surface area (Å²) >= 11 is 0. The lowest BCUT2D eigenvalue weighted by Crippen LogP contribution is -2.59. The fraction of sp³-hybridized carbons (Fsp3) is 0.615. The first kappa shape index (κ1) is 24.2. The molecule has 0 aromatic rings. The Balaban J connectivity index is 6.45. The number of rotatable bonds is 12. The normalized spacial score (nSPS) is 17.6. The van der Waals surface area contributed by atoms with Crippen molar-refractivity contribution < 1.29 is 38.6 Å². The molecular formula is C13H26N2O8P2. The molecule has 12 heteroatoms. The van der Waals surface area contributed by atoms with E-state index in [1.54, 1.807) is 0 Å². The van der Waals surface area contributed by atoms with E-state index >= 15 is 0 Å². The zero-order valence-corrected chi connectivity index (χ0v) is 15.7. The van der Waals surface area contributed by atoms with E-state index in [2.05, 4.69) is 13.2 Å². The molecule has 3 unspecified atom stereocenters. The molecule has 0 aliphatic heterocycles. The molecule has 0 aliphatic carbocycles. The number of aliphatic carboxylic acids is 1. The van der Waals surface area contributed by atoms with Crippen LogP contribution in [0.4, 0.5) is 0 Å². The molecule has 3 atom stereocenters. The zero-order valence-electron chi connectivity index (χ0n) is 13.9. The molecule has 0 heterocycles. The number of hydrogen-bond donors (Lipinski definition) is 6. The van der Waals surface area contributed by atoms with Crippen molar-refractivity contribution in [3.8, 4) is 0 Å². The van der Waals surface area contributed by atoms with E-state index in [1.807, 2.05) is 0 Å². The first-order valence-corrected chi connectivity index (χ1v) is 10.7. The summed E-state index contributed by atoms with van der Waals surface area (Å²) in [6.45, 7) is 7.97. The quantitative estimate of drug-likeness (QED) is 0.154. The Kier molecular flexibility index (Phi) is 8.90. The third-order valence-electron chi connectivity index (χ3n) is 3.83. The van der Waals surface area contributed by atoms with Crippen LogP contribution in [-0.2, 0) is 13.9 Å². The minimum absolute atomic E-state index is 0.145. The van der Waals surface area contributed by atoms with Gasteiger partial charge in [-0.15, -0.1) is 13.2 Å². The molecule has 0 aromatic carbocycles. The molecular weight excluding hydrogens is 374 g/mol. The van der Waals surface area contributed by atoms with Gasteiger partial charge < -0.3 is 30.4 Å². The SMILES string of the molecule is C=CC(N(C(C=C)P(=O)(O)O)C(C)(CCCCN)C(=O)O)P(=O)(O)O. The maximum absolute atomic E-state index is 11.9. The Morgan fingerprint density at radius 1 is 1.12 bits per heavy atom. The van der Waals surface area contributed by atoms with Crippen molar-refractivity contribution >= 4 is 21.2 Å². The molecule has 0 saturated heterocycles. The summed E-state index contributed by atoms with van der Waals surface area (Å²) < 4.78 is 23.7. The van der Waals surface area contributed by atoms with Crippen LogP contribution >= 0.6 is 15.2 Å². The van der Waals surface area contributed by atoms with Crippen LogP contribution in [0.1, 0.15) is 26.2 Å². The van der Waals surface area contributed by atoms with Gasteiger partial charge in [0.15, 0.2) is 0 Å². The van der Waals surface area contributed by atoms with Gasteiger partial charge in [-0.2, -0.15) is 0 Å². The highest BCUT2D eigenvalue weighted by molar-refractivity contribution is 7.53. The molecule has 25 heavy (non-hydrogen) atoms. The Morgan fingerprint density at radius 2 is 1.52 bits per heavy atom. The predicted octanol–water partition coefficient (Wildman–Crippen LogP) is 0.640. The molecule has 146 valence electrons. The van der Waals surface area contributed by atoms with Gasteiger partial charge in [0.25, 0.3) is 0 Å². The zero-order chi connectivity index (χ0) is 20.1. The second kappa shape index (κ2) is 9.21. The first-order chi connectivity index (χ1) is 11.3. The minimum Gasteiger partial charge on any atom is -0.480 e. The van der Waals surface area contributed by atoms with E-state index in [4.69, 9.17) is 5.73 Å². The molecule has 0 spiro atoms. The molecule has 0 aliphatic rings. The Bertz CT molecular complexity index is 553. The summed E-state index contributed by atoms with van der Waals surface area (Å²) in [5.41, 5.74) is 3.37. The summed E-state index contributed by atoms with van der Waals surface area (Å²) in [6.07, 6.45) is 2.11. The smallest absolute Gasteiger partial charge is 0.346 e. The molecule has 0 amide bonds. The second-order valence-corrected chi connectivity index (χ2v) is 9.12. The van der Waals surface area contributed by atoms with E-state index in [0.717, 1.165) is 19.1 Å². The summed E-state index contributed by atoms with van der Waals surface area (Å²) in [5, 5.41) is 9.68. The van der Waals surface area contributed by atoms with Crippen molar-refractivity contribution in [2.45, 2.75) is 43.3 Å². The third kappa shape index (κ3) is 6.13. The Hall–Kier alpha value is -0.830. The molecule has 7 N–H and O–H groups in total. The van der Waals surface area contributed by atoms with Crippen LogP contribution in [0.25, 0.3) is 0 Å². The number of unbranched alkanes of at least 4 members (excludes halogenated alkanes) is 1. The second-order valence-electron chi connectivity index (χ2n) is 5.71. The molecule has 0 radical (unpaired) electrons. The topological polar surface area (TPSA) is 182 Å². The number of nitrogens with zero attached hydrogens (tertiary/aromatic N) is 1. The summed E-state index contributed by atoms with van der Waals surface area (Å²) in [4.78, 5) is 50.8. The van der Waals surface area contributed by atoms with Crippen LogP contribution < -0.4 is 5.73 Å². The number of hydrogen-bond acceptors (Lipinski definition) is 5. The highest BCUT2D eigenvalue weighted by Gasteiger charge is 2.53. The van der Waals surface area contributed by atoms with Gasteiger partial charge in [0.2, 0.25) is 0 Å². The summed E-state index contributed by atoms with van der Waals surface area (Å²) in [6, 6.07) is 0. The van der Waals surface area contributed by atoms with Crippen molar-refractivity contribution in [3.05, 3.63) is 25.3 Å². The van der Waals surface area contributed by atoms with E-state index in [-0.39, 0.29) is 19.4 Å². The van der Waals surface area contributed by atoms with Gasteiger partial charge in [-0.25, -0.2) is 0 Å². The largest absolute Gasteiger partial charge is 0.480 e. The van der Waals surface area contributed by atoms with Gasteiger partial charge in [0, 0.05) is 0 Å². The van der Waals surface area contributed by atoms with Crippen LogP contribution in [0.2, 0.25) is 0 Å². The van der Waals surface area contributed by atoms with E-state index < -0.39 is 38.3 Å².